The molecule has 0 heterocycles. The molecule has 0 spiro atoms. The zero-order valence-corrected chi connectivity index (χ0v) is 11.5. The van der Waals surface area contributed by atoms with Crippen molar-refractivity contribution in [2.75, 3.05) is 13.2 Å². The third-order valence-corrected chi connectivity index (χ3v) is 2.67. The van der Waals surface area contributed by atoms with Crippen LogP contribution in [0.15, 0.2) is 12.7 Å². The highest BCUT2D eigenvalue weighted by Crippen LogP contribution is 2.15. The molecule has 19 heavy (non-hydrogen) atoms. The Hall–Kier alpha value is -1.52. The lowest BCUT2D eigenvalue weighted by Crippen LogP contribution is -2.30. The van der Waals surface area contributed by atoms with Gasteiger partial charge in [-0.1, -0.05) is 38.2 Å². The van der Waals surface area contributed by atoms with Crippen molar-refractivity contribution in [2.24, 2.45) is 0 Å². The largest absolute Gasteiger partial charge is 0.480 e. The van der Waals surface area contributed by atoms with Crippen LogP contribution < -0.4 is 5.32 Å². The second-order valence-electron chi connectivity index (χ2n) is 4.44. The van der Waals surface area contributed by atoms with E-state index in [9.17, 15) is 9.59 Å². The number of rotatable bonds is 7. The maximum Gasteiger partial charge on any atom is 0.407 e. The third kappa shape index (κ3) is 14.4. The fraction of sp³-hybridized carbons (Fsp3) is 0.714. The molecule has 1 amide bonds. The van der Waals surface area contributed by atoms with E-state index in [-0.39, 0.29) is 0 Å². The van der Waals surface area contributed by atoms with Crippen LogP contribution in [0.1, 0.15) is 51.4 Å². The standard InChI is InChI=1S/C9H15NO4.C5H10/c1-2-3-4-5-6-14-9(13)10-7-8(11)12;1-2-4-5-3-1/h2H,1,3-7H2,(H,10,13)(H,11,12);1-5H2. The van der Waals surface area contributed by atoms with Crippen LogP contribution in [-0.2, 0) is 9.53 Å². The van der Waals surface area contributed by atoms with Crippen LogP contribution in [0.3, 0.4) is 0 Å². The van der Waals surface area contributed by atoms with Gasteiger partial charge >= 0.3 is 12.1 Å². The van der Waals surface area contributed by atoms with Crippen molar-refractivity contribution in [3.63, 3.8) is 0 Å². The van der Waals surface area contributed by atoms with Crippen LogP contribution in [0.5, 0.6) is 0 Å². The quantitative estimate of drug-likeness (QED) is 0.551. The van der Waals surface area contributed by atoms with Gasteiger partial charge in [0.2, 0.25) is 0 Å². The van der Waals surface area contributed by atoms with Crippen molar-refractivity contribution in [3.8, 4) is 0 Å². The normalized spacial score (nSPS) is 13.1. The van der Waals surface area contributed by atoms with Crippen molar-refractivity contribution in [3.05, 3.63) is 12.7 Å². The molecule has 110 valence electrons. The first kappa shape index (κ1) is 17.5. The summed E-state index contributed by atoms with van der Waals surface area (Å²) in [7, 11) is 0. The number of hydrogen-bond donors (Lipinski definition) is 2. The van der Waals surface area contributed by atoms with Crippen molar-refractivity contribution >= 4 is 12.1 Å². The maximum atomic E-state index is 10.8. The SMILES string of the molecule is C1CCCC1.C=CCCCCOC(=O)NCC(=O)O. The zero-order valence-electron chi connectivity index (χ0n) is 11.5. The Morgan fingerprint density at radius 3 is 2.21 bits per heavy atom. The number of carbonyl (C=O) groups excluding carboxylic acids is 1. The van der Waals surface area contributed by atoms with E-state index < -0.39 is 18.6 Å². The van der Waals surface area contributed by atoms with Gasteiger partial charge in [0.15, 0.2) is 0 Å². The number of ether oxygens (including phenoxy) is 1. The molecular weight excluding hydrogens is 246 g/mol. The molecule has 0 saturated heterocycles. The summed E-state index contributed by atoms with van der Waals surface area (Å²) in [5.74, 6) is -1.09. The molecule has 1 aliphatic rings. The molecule has 2 N–H and O–H groups in total. The van der Waals surface area contributed by atoms with Crippen LogP contribution >= 0.6 is 0 Å². The van der Waals surface area contributed by atoms with E-state index in [4.69, 9.17) is 9.84 Å². The Morgan fingerprint density at radius 1 is 1.16 bits per heavy atom. The fourth-order valence-electron chi connectivity index (χ4n) is 1.64. The Labute approximate surface area is 115 Å². The van der Waals surface area contributed by atoms with Crippen LogP contribution in [0.4, 0.5) is 4.79 Å². The van der Waals surface area contributed by atoms with Crippen LogP contribution in [0.25, 0.3) is 0 Å². The number of nitrogens with one attached hydrogen (secondary N) is 1. The zero-order chi connectivity index (χ0) is 14.3. The van der Waals surface area contributed by atoms with E-state index in [1.165, 1.54) is 32.1 Å². The number of aliphatic carboxylic acids is 1. The highest BCUT2D eigenvalue weighted by molar-refractivity contribution is 5.76. The smallest absolute Gasteiger partial charge is 0.407 e. The highest BCUT2D eigenvalue weighted by atomic mass is 16.5. The number of carboxylic acid groups (broad SMARTS) is 1. The molecule has 0 aliphatic heterocycles. The van der Waals surface area contributed by atoms with Gasteiger partial charge in [0, 0.05) is 0 Å². The average molecular weight is 271 g/mol. The van der Waals surface area contributed by atoms with E-state index in [0.717, 1.165) is 19.3 Å². The summed E-state index contributed by atoms with van der Waals surface area (Å²) in [6.45, 7) is 3.45. The van der Waals surface area contributed by atoms with Gasteiger partial charge in [-0.15, -0.1) is 6.58 Å². The Balaban J connectivity index is 0.000000532. The van der Waals surface area contributed by atoms with Gasteiger partial charge in [-0.3, -0.25) is 4.79 Å². The molecule has 5 heteroatoms. The monoisotopic (exact) mass is 271 g/mol. The first-order valence-corrected chi connectivity index (χ1v) is 6.90. The minimum Gasteiger partial charge on any atom is -0.480 e. The number of carboxylic acids is 1. The minimum atomic E-state index is -1.09. The number of unbranched alkanes of at least 4 members (excludes halogenated alkanes) is 2. The van der Waals surface area contributed by atoms with Crippen molar-refractivity contribution in [1.29, 1.82) is 0 Å². The average Bonchev–Trinajstić information content (AvgIpc) is 2.95. The van der Waals surface area contributed by atoms with Gasteiger partial charge in [-0.2, -0.15) is 0 Å². The summed E-state index contributed by atoms with van der Waals surface area (Å²) >= 11 is 0. The van der Waals surface area contributed by atoms with Gasteiger partial charge in [-0.05, 0) is 19.3 Å². The van der Waals surface area contributed by atoms with Gasteiger partial charge in [0.05, 0.1) is 6.61 Å². The number of amides is 1. The third-order valence-electron chi connectivity index (χ3n) is 2.67. The summed E-state index contributed by atoms with van der Waals surface area (Å²) < 4.78 is 4.69. The summed E-state index contributed by atoms with van der Waals surface area (Å²) in [6, 6.07) is 0. The molecule has 0 aromatic carbocycles. The second kappa shape index (κ2) is 12.9. The molecule has 0 unspecified atom stereocenters. The van der Waals surface area contributed by atoms with Crippen molar-refractivity contribution in [2.45, 2.75) is 51.4 Å². The van der Waals surface area contributed by atoms with Crippen molar-refractivity contribution < 1.29 is 19.4 Å². The minimum absolute atomic E-state index is 0.305. The van der Waals surface area contributed by atoms with E-state index >= 15 is 0 Å². The maximum absolute atomic E-state index is 10.8. The lowest BCUT2D eigenvalue weighted by Gasteiger charge is -2.04. The van der Waals surface area contributed by atoms with Crippen LogP contribution in [0, 0.1) is 0 Å². The molecule has 1 saturated carbocycles. The molecule has 0 aromatic heterocycles. The number of alkyl carbamates (subject to hydrolysis) is 1. The molecule has 0 atom stereocenters. The predicted molar refractivity (Wildman–Crippen MR) is 74.1 cm³/mol. The molecule has 0 radical (unpaired) electrons. The molecule has 0 bridgehead atoms. The summed E-state index contributed by atoms with van der Waals surface area (Å²) in [6.07, 6.45) is 11.2. The van der Waals surface area contributed by atoms with E-state index in [1.807, 2.05) is 0 Å². The highest BCUT2D eigenvalue weighted by Gasteiger charge is 2.03. The summed E-state index contributed by atoms with van der Waals surface area (Å²) in [5.41, 5.74) is 0. The second-order valence-corrected chi connectivity index (χ2v) is 4.44. The lowest BCUT2D eigenvalue weighted by atomic mass is 10.2. The van der Waals surface area contributed by atoms with E-state index in [0.29, 0.717) is 6.61 Å². The molecule has 0 aromatic rings. The van der Waals surface area contributed by atoms with Crippen LogP contribution in [-0.4, -0.2) is 30.3 Å². The molecule has 1 aliphatic carbocycles. The molecule has 1 fully saturated rings. The van der Waals surface area contributed by atoms with Gasteiger partial charge in [-0.25, -0.2) is 4.79 Å². The molecular formula is C14H25NO4. The van der Waals surface area contributed by atoms with Gasteiger partial charge in [0.1, 0.15) is 6.54 Å². The first-order valence-electron chi connectivity index (χ1n) is 6.90. The van der Waals surface area contributed by atoms with Crippen LogP contribution in [0.2, 0.25) is 0 Å². The molecule has 5 nitrogen and oxygen atoms in total. The van der Waals surface area contributed by atoms with Crippen molar-refractivity contribution in [1.82, 2.24) is 5.32 Å². The summed E-state index contributed by atoms with van der Waals surface area (Å²) in [4.78, 5) is 20.8. The lowest BCUT2D eigenvalue weighted by molar-refractivity contribution is -0.135. The Bertz CT molecular complexity index is 255. The topological polar surface area (TPSA) is 75.6 Å². The predicted octanol–water partition coefficient (Wildman–Crippen LogP) is 3.10. The number of hydrogen-bond acceptors (Lipinski definition) is 3. The fourth-order valence-corrected chi connectivity index (χ4v) is 1.64. The van der Waals surface area contributed by atoms with Gasteiger partial charge < -0.3 is 15.2 Å². The van der Waals surface area contributed by atoms with E-state index in [1.54, 1.807) is 6.08 Å². The van der Waals surface area contributed by atoms with E-state index in [2.05, 4.69) is 11.9 Å². The van der Waals surface area contributed by atoms with Gasteiger partial charge in [0.25, 0.3) is 0 Å². The Morgan fingerprint density at radius 2 is 1.74 bits per heavy atom. The first-order chi connectivity index (χ1) is 9.16. The number of carbonyl (C=O) groups is 2. The molecule has 1 rings (SSSR count). The summed E-state index contributed by atoms with van der Waals surface area (Å²) in [5, 5.41) is 10.3. The number of allylic oxidation sites excluding steroid dienone is 1. The Kier molecular flexibility index (Phi) is 11.9.